The first-order chi connectivity index (χ1) is 9.60. The van der Waals surface area contributed by atoms with Crippen LogP contribution in [0.4, 0.5) is 5.13 Å². The second-order valence-corrected chi connectivity index (χ2v) is 5.68. The van der Waals surface area contributed by atoms with Crippen LogP contribution in [0.3, 0.4) is 0 Å². The molecule has 0 aromatic carbocycles. The molecule has 2 rings (SSSR count). The maximum absolute atomic E-state index is 12.0. The third-order valence-corrected chi connectivity index (χ3v) is 4.15. The number of esters is 1. The lowest BCUT2D eigenvalue weighted by Gasteiger charge is -2.31. The van der Waals surface area contributed by atoms with E-state index in [1.54, 1.807) is 12.3 Å². The van der Waals surface area contributed by atoms with E-state index in [4.69, 9.17) is 4.74 Å². The van der Waals surface area contributed by atoms with Gasteiger partial charge in [-0.2, -0.15) is 0 Å². The summed E-state index contributed by atoms with van der Waals surface area (Å²) in [4.78, 5) is 27.6. The molecule has 0 bridgehead atoms. The number of hydrogen-bond donors (Lipinski definition) is 2. The largest absolute Gasteiger partial charge is 0.466 e. The molecule has 1 aromatic heterocycles. The Hall–Kier alpha value is -1.47. The SMILES string of the molecule is CCOC(=O)Cc1csc(NC(=O)C(C)C2CNC2)n1. The topological polar surface area (TPSA) is 80.3 Å². The normalized spacial score (nSPS) is 16.3. The Labute approximate surface area is 121 Å². The minimum atomic E-state index is -0.301. The number of rotatable bonds is 6. The van der Waals surface area contributed by atoms with Gasteiger partial charge in [-0.1, -0.05) is 6.92 Å². The van der Waals surface area contributed by atoms with Crippen LogP contribution in [0, 0.1) is 11.8 Å². The van der Waals surface area contributed by atoms with E-state index >= 15 is 0 Å². The smallest absolute Gasteiger partial charge is 0.311 e. The molecule has 20 heavy (non-hydrogen) atoms. The molecule has 2 heterocycles. The molecule has 7 heteroatoms. The van der Waals surface area contributed by atoms with Crippen molar-refractivity contribution in [3.8, 4) is 0 Å². The highest BCUT2D eigenvalue weighted by Crippen LogP contribution is 2.21. The number of hydrogen-bond acceptors (Lipinski definition) is 6. The molecule has 1 amide bonds. The van der Waals surface area contributed by atoms with Crippen molar-refractivity contribution in [2.75, 3.05) is 25.0 Å². The van der Waals surface area contributed by atoms with Crippen molar-refractivity contribution in [1.82, 2.24) is 10.3 Å². The molecule has 1 aliphatic heterocycles. The van der Waals surface area contributed by atoms with Crippen molar-refractivity contribution in [1.29, 1.82) is 0 Å². The summed E-state index contributed by atoms with van der Waals surface area (Å²) in [6.07, 6.45) is 0.141. The number of nitrogens with zero attached hydrogens (tertiary/aromatic N) is 1. The van der Waals surface area contributed by atoms with Gasteiger partial charge in [-0.05, 0) is 25.9 Å². The van der Waals surface area contributed by atoms with Crippen molar-refractivity contribution in [2.45, 2.75) is 20.3 Å². The third kappa shape index (κ3) is 3.77. The second-order valence-electron chi connectivity index (χ2n) is 4.82. The molecule has 0 spiro atoms. The number of anilines is 1. The van der Waals surface area contributed by atoms with Crippen LogP contribution in [0.25, 0.3) is 0 Å². The van der Waals surface area contributed by atoms with Gasteiger partial charge >= 0.3 is 5.97 Å². The van der Waals surface area contributed by atoms with Crippen molar-refractivity contribution < 1.29 is 14.3 Å². The number of carbonyl (C=O) groups excluding carboxylic acids is 2. The zero-order valence-electron chi connectivity index (χ0n) is 11.6. The van der Waals surface area contributed by atoms with Gasteiger partial charge in [0.1, 0.15) is 0 Å². The fourth-order valence-corrected chi connectivity index (χ4v) is 2.62. The molecule has 1 aliphatic rings. The van der Waals surface area contributed by atoms with Crippen LogP contribution in [-0.2, 0) is 20.7 Å². The molecule has 0 saturated carbocycles. The molecule has 2 N–H and O–H groups in total. The Morgan fingerprint density at radius 1 is 1.60 bits per heavy atom. The summed E-state index contributed by atoms with van der Waals surface area (Å²) in [6.45, 7) is 5.83. The zero-order valence-corrected chi connectivity index (χ0v) is 12.5. The average Bonchev–Trinajstić information content (AvgIpc) is 2.74. The monoisotopic (exact) mass is 297 g/mol. The van der Waals surface area contributed by atoms with Crippen molar-refractivity contribution >= 4 is 28.3 Å². The van der Waals surface area contributed by atoms with Crippen LogP contribution in [0.2, 0.25) is 0 Å². The summed E-state index contributed by atoms with van der Waals surface area (Å²) < 4.78 is 4.86. The average molecular weight is 297 g/mol. The van der Waals surface area contributed by atoms with Gasteiger partial charge in [0.2, 0.25) is 5.91 Å². The van der Waals surface area contributed by atoms with Crippen molar-refractivity contribution in [3.63, 3.8) is 0 Å². The minimum absolute atomic E-state index is 0.0199. The van der Waals surface area contributed by atoms with E-state index < -0.39 is 0 Å². The molecular weight excluding hydrogens is 278 g/mol. The summed E-state index contributed by atoms with van der Waals surface area (Å²) in [7, 11) is 0. The molecule has 1 atom stereocenters. The Bertz CT molecular complexity index is 485. The van der Waals surface area contributed by atoms with E-state index in [0.29, 0.717) is 23.4 Å². The fourth-order valence-electron chi connectivity index (χ4n) is 1.90. The number of nitrogens with one attached hydrogen (secondary N) is 2. The van der Waals surface area contributed by atoms with Crippen molar-refractivity contribution in [2.24, 2.45) is 11.8 Å². The standard InChI is InChI=1S/C13H19N3O3S/c1-3-19-11(17)4-10-7-20-13(15-10)16-12(18)8(2)9-5-14-6-9/h7-9,14H,3-6H2,1-2H3,(H,15,16,18). The van der Waals surface area contributed by atoms with E-state index in [-0.39, 0.29) is 24.2 Å². The Morgan fingerprint density at radius 3 is 2.95 bits per heavy atom. The summed E-state index contributed by atoms with van der Waals surface area (Å²) in [5.74, 6) is 0.0424. The summed E-state index contributed by atoms with van der Waals surface area (Å²) in [5, 5.41) is 8.26. The molecule has 110 valence electrons. The maximum atomic E-state index is 12.0. The summed E-state index contributed by atoms with van der Waals surface area (Å²) in [6, 6.07) is 0. The quantitative estimate of drug-likeness (QED) is 0.767. The Morgan fingerprint density at radius 2 is 2.35 bits per heavy atom. The zero-order chi connectivity index (χ0) is 14.5. The van der Waals surface area contributed by atoms with E-state index in [2.05, 4.69) is 15.6 Å². The molecule has 1 saturated heterocycles. The van der Waals surface area contributed by atoms with Gasteiger partial charge in [-0.3, -0.25) is 9.59 Å². The van der Waals surface area contributed by atoms with Crippen LogP contribution >= 0.6 is 11.3 Å². The minimum Gasteiger partial charge on any atom is -0.466 e. The van der Waals surface area contributed by atoms with Crippen LogP contribution in [0.15, 0.2) is 5.38 Å². The van der Waals surface area contributed by atoms with Gasteiger partial charge in [0.15, 0.2) is 5.13 Å². The lowest BCUT2D eigenvalue weighted by atomic mass is 9.88. The van der Waals surface area contributed by atoms with Gasteiger partial charge in [-0.25, -0.2) is 4.98 Å². The highest BCUT2D eigenvalue weighted by atomic mass is 32.1. The maximum Gasteiger partial charge on any atom is 0.311 e. The van der Waals surface area contributed by atoms with Crippen molar-refractivity contribution in [3.05, 3.63) is 11.1 Å². The van der Waals surface area contributed by atoms with E-state index in [1.165, 1.54) is 11.3 Å². The van der Waals surface area contributed by atoms with Gasteiger partial charge in [0.25, 0.3) is 0 Å². The number of ether oxygens (including phenoxy) is 1. The molecule has 1 fully saturated rings. The first kappa shape index (κ1) is 14.9. The van der Waals surface area contributed by atoms with E-state index in [0.717, 1.165) is 13.1 Å². The highest BCUT2D eigenvalue weighted by Gasteiger charge is 2.29. The lowest BCUT2D eigenvalue weighted by molar-refractivity contribution is -0.142. The van der Waals surface area contributed by atoms with Gasteiger partial charge in [-0.15, -0.1) is 11.3 Å². The highest BCUT2D eigenvalue weighted by molar-refractivity contribution is 7.13. The summed E-state index contributed by atoms with van der Waals surface area (Å²) >= 11 is 1.33. The Kier molecular flexibility index (Phi) is 5.08. The number of thiazole rings is 1. The van der Waals surface area contributed by atoms with Crippen LogP contribution in [0.1, 0.15) is 19.5 Å². The van der Waals surface area contributed by atoms with E-state index in [9.17, 15) is 9.59 Å². The predicted molar refractivity (Wildman–Crippen MR) is 76.6 cm³/mol. The molecule has 0 radical (unpaired) electrons. The van der Waals surface area contributed by atoms with Crippen LogP contribution in [0.5, 0.6) is 0 Å². The van der Waals surface area contributed by atoms with Crippen LogP contribution in [-0.4, -0.2) is 36.6 Å². The Balaban J connectivity index is 1.85. The predicted octanol–water partition coefficient (Wildman–Crippen LogP) is 1.04. The fraction of sp³-hybridized carbons (Fsp3) is 0.615. The summed E-state index contributed by atoms with van der Waals surface area (Å²) in [5.41, 5.74) is 0.627. The van der Waals surface area contributed by atoms with Gasteiger partial charge in [0, 0.05) is 11.3 Å². The first-order valence-electron chi connectivity index (χ1n) is 6.71. The number of amides is 1. The second kappa shape index (κ2) is 6.81. The first-order valence-corrected chi connectivity index (χ1v) is 7.59. The van der Waals surface area contributed by atoms with E-state index in [1.807, 2.05) is 6.92 Å². The van der Waals surface area contributed by atoms with Crippen LogP contribution < -0.4 is 10.6 Å². The lowest BCUT2D eigenvalue weighted by Crippen LogP contribution is -2.48. The molecule has 0 aliphatic carbocycles. The molecule has 1 unspecified atom stereocenters. The number of aromatic nitrogens is 1. The third-order valence-electron chi connectivity index (χ3n) is 3.35. The molecular formula is C13H19N3O3S. The van der Waals surface area contributed by atoms with Gasteiger partial charge < -0.3 is 15.4 Å². The number of carbonyl (C=O) groups is 2. The molecule has 6 nitrogen and oxygen atoms in total. The molecule has 1 aromatic rings. The van der Waals surface area contributed by atoms with Gasteiger partial charge in [0.05, 0.1) is 18.7 Å².